The highest BCUT2D eigenvalue weighted by Crippen LogP contribution is 2.21. The minimum atomic E-state index is -1.57. The number of aliphatic hydroxyl groups is 1. The summed E-state index contributed by atoms with van der Waals surface area (Å²) in [5.74, 6) is 1.96. The van der Waals surface area contributed by atoms with Crippen molar-refractivity contribution in [2.75, 3.05) is 7.11 Å². The number of ether oxygens (including phenoxy) is 1. The third kappa shape index (κ3) is 1.25. The van der Waals surface area contributed by atoms with Crippen LogP contribution in [-0.4, -0.2) is 23.6 Å². The summed E-state index contributed by atoms with van der Waals surface area (Å²) in [6.45, 7) is 0. The van der Waals surface area contributed by atoms with Crippen LogP contribution in [0.4, 0.5) is 0 Å². The Kier molecular flexibility index (Phi) is 2.03. The summed E-state index contributed by atoms with van der Waals surface area (Å²) in [6.07, 6.45) is 8.67. The largest absolute Gasteiger partial charge is 0.496 e. The maximum atomic E-state index is 10.8. The highest BCUT2D eigenvalue weighted by molar-refractivity contribution is 6.01. The molecule has 1 aliphatic rings. The van der Waals surface area contributed by atoms with Crippen LogP contribution in [0.25, 0.3) is 0 Å². The van der Waals surface area contributed by atoms with E-state index in [2.05, 4.69) is 5.92 Å². The Morgan fingerprint density at radius 2 is 2.42 bits per heavy atom. The number of methoxy groups -OCH3 is 1. The molecule has 1 rings (SSSR count). The molecule has 0 aliphatic heterocycles. The smallest absolute Gasteiger partial charge is 0.202 e. The average molecular weight is 164 g/mol. The lowest BCUT2D eigenvalue weighted by atomic mass is 9.96. The van der Waals surface area contributed by atoms with Gasteiger partial charge in [0.1, 0.15) is 5.76 Å². The van der Waals surface area contributed by atoms with Crippen LogP contribution >= 0.6 is 0 Å². The van der Waals surface area contributed by atoms with Crippen molar-refractivity contribution in [2.45, 2.75) is 5.60 Å². The highest BCUT2D eigenvalue weighted by atomic mass is 16.5. The van der Waals surface area contributed by atoms with Crippen LogP contribution in [-0.2, 0) is 9.53 Å². The second-order valence-corrected chi connectivity index (χ2v) is 2.36. The van der Waals surface area contributed by atoms with Gasteiger partial charge in [-0.3, -0.25) is 4.79 Å². The molecule has 0 amide bonds. The lowest BCUT2D eigenvalue weighted by Crippen LogP contribution is -2.30. The van der Waals surface area contributed by atoms with Crippen molar-refractivity contribution in [1.82, 2.24) is 0 Å². The van der Waals surface area contributed by atoms with E-state index in [0.29, 0.717) is 0 Å². The van der Waals surface area contributed by atoms with Gasteiger partial charge >= 0.3 is 0 Å². The van der Waals surface area contributed by atoms with Crippen LogP contribution in [0.2, 0.25) is 0 Å². The van der Waals surface area contributed by atoms with E-state index in [0.717, 1.165) is 0 Å². The van der Waals surface area contributed by atoms with Crippen molar-refractivity contribution in [3.05, 3.63) is 24.0 Å². The lowest BCUT2D eigenvalue weighted by Gasteiger charge is -2.22. The molecule has 0 aromatic heterocycles. The van der Waals surface area contributed by atoms with E-state index in [4.69, 9.17) is 11.2 Å². The monoisotopic (exact) mass is 164 g/mol. The van der Waals surface area contributed by atoms with Gasteiger partial charge in [-0.15, -0.1) is 6.42 Å². The molecule has 1 atom stereocenters. The molecule has 1 aliphatic carbocycles. The Morgan fingerprint density at radius 1 is 1.75 bits per heavy atom. The summed E-state index contributed by atoms with van der Waals surface area (Å²) in [7, 11) is 1.35. The fourth-order valence-corrected chi connectivity index (χ4v) is 0.906. The van der Waals surface area contributed by atoms with E-state index in [1.807, 2.05) is 0 Å². The topological polar surface area (TPSA) is 46.5 Å². The van der Waals surface area contributed by atoms with Crippen molar-refractivity contribution in [2.24, 2.45) is 0 Å². The number of hydrogen-bond donors (Lipinski definition) is 1. The van der Waals surface area contributed by atoms with Gasteiger partial charge < -0.3 is 9.84 Å². The summed E-state index contributed by atoms with van der Waals surface area (Å²) in [5, 5.41) is 9.59. The molecule has 0 heterocycles. The first-order valence-corrected chi connectivity index (χ1v) is 3.32. The zero-order chi connectivity index (χ0) is 9.19. The van der Waals surface area contributed by atoms with E-state index >= 15 is 0 Å². The fraction of sp³-hybridized carbons (Fsp3) is 0.222. The normalized spacial score (nSPS) is 27.8. The molecule has 62 valence electrons. The fourth-order valence-electron chi connectivity index (χ4n) is 0.906. The van der Waals surface area contributed by atoms with E-state index in [-0.39, 0.29) is 11.5 Å². The van der Waals surface area contributed by atoms with Gasteiger partial charge in [0.25, 0.3) is 0 Å². The summed E-state index contributed by atoms with van der Waals surface area (Å²) < 4.78 is 4.76. The summed E-state index contributed by atoms with van der Waals surface area (Å²) >= 11 is 0. The van der Waals surface area contributed by atoms with Crippen molar-refractivity contribution in [3.8, 4) is 12.3 Å². The Labute approximate surface area is 70.3 Å². The second-order valence-electron chi connectivity index (χ2n) is 2.36. The molecule has 1 N–H and O–H groups in total. The van der Waals surface area contributed by atoms with Gasteiger partial charge in [-0.1, -0.05) is 5.92 Å². The van der Waals surface area contributed by atoms with Crippen LogP contribution in [0, 0.1) is 12.3 Å². The maximum Gasteiger partial charge on any atom is 0.202 e. The van der Waals surface area contributed by atoms with E-state index in [9.17, 15) is 9.90 Å². The predicted molar refractivity (Wildman–Crippen MR) is 43.0 cm³/mol. The lowest BCUT2D eigenvalue weighted by molar-refractivity contribution is -0.111. The van der Waals surface area contributed by atoms with Crippen molar-refractivity contribution in [3.63, 3.8) is 0 Å². The maximum absolute atomic E-state index is 10.8. The van der Waals surface area contributed by atoms with Crippen LogP contribution in [0.1, 0.15) is 0 Å². The van der Waals surface area contributed by atoms with Crippen LogP contribution in [0.15, 0.2) is 24.0 Å². The van der Waals surface area contributed by atoms with Crippen molar-refractivity contribution in [1.29, 1.82) is 0 Å². The third-order valence-corrected chi connectivity index (χ3v) is 1.58. The number of rotatable bonds is 1. The molecule has 0 aromatic rings. The predicted octanol–water partition coefficient (Wildman–Crippen LogP) is 0.0199. The standard InChI is InChI=1S/C9H8O3/c1-3-9(11)5-4-7(10)6-8(9)12-2/h1,4-6,11H,2H3. The van der Waals surface area contributed by atoms with E-state index in [1.165, 1.54) is 25.3 Å². The number of hydrogen-bond acceptors (Lipinski definition) is 3. The van der Waals surface area contributed by atoms with Gasteiger partial charge in [0.2, 0.25) is 5.60 Å². The van der Waals surface area contributed by atoms with Gasteiger partial charge in [-0.2, -0.15) is 0 Å². The van der Waals surface area contributed by atoms with E-state index in [1.54, 1.807) is 0 Å². The SMILES string of the molecule is C#CC1(O)C=CC(=O)C=C1OC. The number of ketones is 1. The molecule has 0 bridgehead atoms. The number of terminal acetylenes is 1. The van der Waals surface area contributed by atoms with Crippen molar-refractivity contribution >= 4 is 5.78 Å². The Balaban J connectivity index is 3.08. The van der Waals surface area contributed by atoms with Gasteiger partial charge in [0.15, 0.2) is 5.78 Å². The molecule has 0 saturated heterocycles. The number of carbonyl (C=O) groups excluding carboxylic acids is 1. The van der Waals surface area contributed by atoms with Gasteiger partial charge in [0.05, 0.1) is 7.11 Å². The van der Waals surface area contributed by atoms with Gasteiger partial charge in [-0.25, -0.2) is 0 Å². The Bertz CT molecular complexity index is 306. The molecular weight excluding hydrogens is 156 g/mol. The van der Waals surface area contributed by atoms with Gasteiger partial charge in [-0.05, 0) is 12.2 Å². The van der Waals surface area contributed by atoms with Crippen molar-refractivity contribution < 1.29 is 14.6 Å². The molecule has 3 nitrogen and oxygen atoms in total. The van der Waals surface area contributed by atoms with Crippen LogP contribution < -0.4 is 0 Å². The summed E-state index contributed by atoms with van der Waals surface area (Å²) in [6, 6.07) is 0. The molecule has 12 heavy (non-hydrogen) atoms. The first-order valence-electron chi connectivity index (χ1n) is 3.32. The minimum absolute atomic E-state index is 0.0810. The molecule has 0 fully saturated rings. The summed E-state index contributed by atoms with van der Waals surface area (Å²) in [4.78, 5) is 10.8. The first-order chi connectivity index (χ1) is 5.62. The Morgan fingerprint density at radius 3 is 2.92 bits per heavy atom. The molecule has 0 aromatic carbocycles. The molecule has 0 radical (unpaired) electrons. The quantitative estimate of drug-likeness (QED) is 0.556. The number of allylic oxidation sites excluding steroid dienone is 2. The first kappa shape index (κ1) is 8.57. The zero-order valence-corrected chi connectivity index (χ0v) is 6.57. The summed E-state index contributed by atoms with van der Waals surface area (Å²) in [5.41, 5.74) is -1.57. The Hall–Kier alpha value is -1.53. The second kappa shape index (κ2) is 2.84. The molecule has 0 saturated carbocycles. The van der Waals surface area contributed by atoms with Crippen LogP contribution in [0.3, 0.4) is 0 Å². The molecule has 3 heteroatoms. The van der Waals surface area contributed by atoms with E-state index < -0.39 is 5.60 Å². The molecule has 1 unspecified atom stereocenters. The third-order valence-electron chi connectivity index (χ3n) is 1.58. The minimum Gasteiger partial charge on any atom is -0.496 e. The molecular formula is C9H8O3. The van der Waals surface area contributed by atoms with Crippen LogP contribution in [0.5, 0.6) is 0 Å². The zero-order valence-electron chi connectivity index (χ0n) is 6.57. The van der Waals surface area contributed by atoms with Gasteiger partial charge in [0, 0.05) is 6.08 Å². The highest BCUT2D eigenvalue weighted by Gasteiger charge is 2.30. The molecule has 0 spiro atoms. The number of carbonyl (C=O) groups is 1. The average Bonchev–Trinajstić information content (AvgIpc) is 2.09.